The maximum Gasteiger partial charge on any atom is 0.141 e. The molecule has 0 N–H and O–H groups in total. The molecule has 0 atom stereocenters. The summed E-state index contributed by atoms with van der Waals surface area (Å²) in [6.45, 7) is 8.68. The smallest absolute Gasteiger partial charge is 0.141 e. The highest BCUT2D eigenvalue weighted by Crippen LogP contribution is 2.30. The van der Waals surface area contributed by atoms with E-state index < -0.39 is 0 Å². The van der Waals surface area contributed by atoms with Crippen LogP contribution >= 0.6 is 11.6 Å². The molecule has 0 aliphatic carbocycles. The molecule has 0 saturated heterocycles. The van der Waals surface area contributed by atoms with Crippen molar-refractivity contribution >= 4 is 23.1 Å². The SMILES string of the molecule is CCN(c1ccc(F)cc1)c1nc(C(C)C)nc(Cl)c1C. The van der Waals surface area contributed by atoms with Gasteiger partial charge in [-0.3, -0.25) is 0 Å². The molecule has 0 fully saturated rings. The topological polar surface area (TPSA) is 29.0 Å². The zero-order valence-corrected chi connectivity index (χ0v) is 13.4. The third-order valence-electron chi connectivity index (χ3n) is 3.30. The van der Waals surface area contributed by atoms with Crippen molar-refractivity contribution in [3.63, 3.8) is 0 Å². The largest absolute Gasteiger partial charge is 0.326 e. The van der Waals surface area contributed by atoms with E-state index in [1.807, 2.05) is 32.6 Å². The minimum atomic E-state index is -0.255. The fourth-order valence-electron chi connectivity index (χ4n) is 2.09. The summed E-state index contributed by atoms with van der Waals surface area (Å²) >= 11 is 6.24. The molecular weight excluding hydrogens is 289 g/mol. The van der Waals surface area contributed by atoms with Gasteiger partial charge in [-0.25, -0.2) is 14.4 Å². The molecule has 21 heavy (non-hydrogen) atoms. The number of aromatic nitrogens is 2. The molecular formula is C16H19ClFN3. The second kappa shape index (κ2) is 6.39. The van der Waals surface area contributed by atoms with Crippen LogP contribution in [0.15, 0.2) is 24.3 Å². The minimum absolute atomic E-state index is 0.189. The summed E-state index contributed by atoms with van der Waals surface area (Å²) in [6.07, 6.45) is 0. The minimum Gasteiger partial charge on any atom is -0.326 e. The molecule has 1 aromatic carbocycles. The lowest BCUT2D eigenvalue weighted by Gasteiger charge is -2.25. The number of nitrogens with zero attached hydrogens (tertiary/aromatic N) is 3. The van der Waals surface area contributed by atoms with E-state index in [4.69, 9.17) is 11.6 Å². The zero-order chi connectivity index (χ0) is 15.6. The van der Waals surface area contributed by atoms with Crippen LogP contribution in [-0.2, 0) is 0 Å². The van der Waals surface area contributed by atoms with Gasteiger partial charge in [0.25, 0.3) is 0 Å². The Kier molecular flexibility index (Phi) is 4.78. The Balaban J connectivity index is 2.53. The summed E-state index contributed by atoms with van der Waals surface area (Å²) in [7, 11) is 0. The molecule has 0 amide bonds. The Hall–Kier alpha value is -1.68. The van der Waals surface area contributed by atoms with Crippen LogP contribution in [0, 0.1) is 12.7 Å². The van der Waals surface area contributed by atoms with Gasteiger partial charge in [0.05, 0.1) is 0 Å². The van der Waals surface area contributed by atoms with Gasteiger partial charge in [0.1, 0.15) is 22.6 Å². The van der Waals surface area contributed by atoms with Crippen LogP contribution in [0.5, 0.6) is 0 Å². The Bertz CT molecular complexity index is 626. The summed E-state index contributed by atoms with van der Waals surface area (Å²) < 4.78 is 13.1. The third-order valence-corrected chi connectivity index (χ3v) is 3.67. The van der Waals surface area contributed by atoms with E-state index in [1.165, 1.54) is 12.1 Å². The van der Waals surface area contributed by atoms with Gasteiger partial charge in [-0.1, -0.05) is 25.4 Å². The van der Waals surface area contributed by atoms with E-state index in [0.29, 0.717) is 17.5 Å². The van der Waals surface area contributed by atoms with Gasteiger partial charge in [-0.05, 0) is 38.1 Å². The van der Waals surface area contributed by atoms with Crippen molar-refractivity contribution in [1.82, 2.24) is 9.97 Å². The molecule has 112 valence electrons. The van der Waals surface area contributed by atoms with E-state index in [-0.39, 0.29) is 11.7 Å². The van der Waals surface area contributed by atoms with Crippen molar-refractivity contribution in [2.24, 2.45) is 0 Å². The molecule has 0 bridgehead atoms. The number of hydrogen-bond acceptors (Lipinski definition) is 3. The summed E-state index contributed by atoms with van der Waals surface area (Å²) in [4.78, 5) is 11.0. The van der Waals surface area contributed by atoms with Crippen molar-refractivity contribution in [3.8, 4) is 0 Å². The van der Waals surface area contributed by atoms with Gasteiger partial charge in [-0.2, -0.15) is 0 Å². The van der Waals surface area contributed by atoms with Crippen LogP contribution in [0.4, 0.5) is 15.9 Å². The predicted molar refractivity (Wildman–Crippen MR) is 84.9 cm³/mol. The highest BCUT2D eigenvalue weighted by atomic mass is 35.5. The average Bonchev–Trinajstić information content (AvgIpc) is 2.45. The van der Waals surface area contributed by atoms with Crippen molar-refractivity contribution in [3.05, 3.63) is 46.6 Å². The Labute approximate surface area is 129 Å². The van der Waals surface area contributed by atoms with Gasteiger partial charge in [0.15, 0.2) is 0 Å². The summed E-state index contributed by atoms with van der Waals surface area (Å²) in [5, 5.41) is 0.462. The van der Waals surface area contributed by atoms with Crippen LogP contribution in [0.1, 0.15) is 38.1 Å². The molecule has 1 heterocycles. The van der Waals surface area contributed by atoms with Gasteiger partial charge in [0.2, 0.25) is 0 Å². The van der Waals surface area contributed by atoms with Crippen LogP contribution < -0.4 is 4.90 Å². The molecule has 0 aliphatic rings. The van der Waals surface area contributed by atoms with E-state index in [0.717, 1.165) is 17.1 Å². The summed E-state index contributed by atoms with van der Waals surface area (Å²) in [5.41, 5.74) is 1.71. The van der Waals surface area contributed by atoms with Gasteiger partial charge < -0.3 is 4.90 Å². The van der Waals surface area contributed by atoms with Crippen molar-refractivity contribution in [1.29, 1.82) is 0 Å². The fraction of sp³-hybridized carbons (Fsp3) is 0.375. The fourth-order valence-corrected chi connectivity index (χ4v) is 2.26. The molecule has 0 saturated carbocycles. The lowest BCUT2D eigenvalue weighted by Crippen LogP contribution is -2.20. The molecule has 2 rings (SSSR count). The molecule has 5 heteroatoms. The maximum absolute atomic E-state index is 13.1. The van der Waals surface area contributed by atoms with E-state index in [1.54, 1.807) is 12.1 Å². The molecule has 0 spiro atoms. The van der Waals surface area contributed by atoms with Gasteiger partial charge in [-0.15, -0.1) is 0 Å². The van der Waals surface area contributed by atoms with Crippen LogP contribution in [0.25, 0.3) is 0 Å². The number of benzene rings is 1. The number of anilines is 2. The Morgan fingerprint density at radius 1 is 1.19 bits per heavy atom. The molecule has 0 radical (unpaired) electrons. The molecule has 0 aliphatic heterocycles. The van der Waals surface area contributed by atoms with E-state index in [2.05, 4.69) is 9.97 Å². The predicted octanol–water partition coefficient (Wildman–Crippen LogP) is 4.86. The Morgan fingerprint density at radius 2 is 1.81 bits per heavy atom. The van der Waals surface area contributed by atoms with Crippen LogP contribution in [-0.4, -0.2) is 16.5 Å². The van der Waals surface area contributed by atoms with Gasteiger partial charge in [0, 0.05) is 23.7 Å². The molecule has 3 nitrogen and oxygen atoms in total. The maximum atomic E-state index is 13.1. The average molecular weight is 308 g/mol. The lowest BCUT2D eigenvalue weighted by molar-refractivity contribution is 0.627. The quantitative estimate of drug-likeness (QED) is 0.755. The second-order valence-corrected chi connectivity index (χ2v) is 5.55. The molecule has 0 unspecified atom stereocenters. The second-order valence-electron chi connectivity index (χ2n) is 5.20. The lowest BCUT2D eigenvalue weighted by atomic mass is 10.2. The number of hydrogen-bond donors (Lipinski definition) is 0. The normalized spacial score (nSPS) is 11.0. The number of rotatable bonds is 4. The van der Waals surface area contributed by atoms with E-state index in [9.17, 15) is 4.39 Å². The van der Waals surface area contributed by atoms with Crippen LogP contribution in [0.2, 0.25) is 5.15 Å². The van der Waals surface area contributed by atoms with E-state index >= 15 is 0 Å². The monoisotopic (exact) mass is 307 g/mol. The summed E-state index contributed by atoms with van der Waals surface area (Å²) in [5.74, 6) is 1.41. The Morgan fingerprint density at radius 3 is 2.33 bits per heavy atom. The standard InChI is InChI=1S/C16H19ClFN3/c1-5-21(13-8-6-12(18)7-9-13)16-11(4)14(17)19-15(20-16)10(2)3/h6-10H,5H2,1-4H3. The molecule has 1 aromatic heterocycles. The first-order chi connectivity index (χ1) is 9.93. The first kappa shape index (κ1) is 15.7. The first-order valence-corrected chi connectivity index (χ1v) is 7.39. The zero-order valence-electron chi connectivity index (χ0n) is 12.7. The third kappa shape index (κ3) is 3.32. The highest BCUT2D eigenvalue weighted by molar-refractivity contribution is 6.30. The number of halogens is 2. The highest BCUT2D eigenvalue weighted by Gasteiger charge is 2.17. The summed E-state index contributed by atoms with van der Waals surface area (Å²) in [6, 6.07) is 6.37. The molecule has 2 aromatic rings. The van der Waals surface area contributed by atoms with Crippen molar-refractivity contribution in [2.45, 2.75) is 33.6 Å². The first-order valence-electron chi connectivity index (χ1n) is 7.01. The van der Waals surface area contributed by atoms with Crippen LogP contribution in [0.3, 0.4) is 0 Å². The van der Waals surface area contributed by atoms with Crippen molar-refractivity contribution < 1.29 is 4.39 Å². The van der Waals surface area contributed by atoms with Gasteiger partial charge >= 0.3 is 0 Å². The van der Waals surface area contributed by atoms with Crippen molar-refractivity contribution in [2.75, 3.05) is 11.4 Å².